The summed E-state index contributed by atoms with van der Waals surface area (Å²) in [6.07, 6.45) is 1.28. The highest BCUT2D eigenvalue weighted by Gasteiger charge is 2.36. The summed E-state index contributed by atoms with van der Waals surface area (Å²) in [6.45, 7) is 0. The van der Waals surface area contributed by atoms with Gasteiger partial charge in [-0.3, -0.25) is 0 Å². The Kier molecular flexibility index (Phi) is 2.06. The van der Waals surface area contributed by atoms with Gasteiger partial charge in [0.2, 0.25) is 0 Å². The molecule has 1 aliphatic carbocycles. The fourth-order valence-electron chi connectivity index (χ4n) is 1.26. The number of rotatable bonds is 1. The van der Waals surface area contributed by atoms with Crippen molar-refractivity contribution in [2.24, 2.45) is 0 Å². The van der Waals surface area contributed by atoms with Crippen molar-refractivity contribution in [1.82, 2.24) is 0 Å². The van der Waals surface area contributed by atoms with Gasteiger partial charge in [-0.2, -0.15) is 0 Å². The van der Waals surface area contributed by atoms with E-state index in [9.17, 15) is 0 Å². The second-order valence-electron chi connectivity index (χ2n) is 2.88. The lowest BCUT2D eigenvalue weighted by atomic mass is 10.1. The van der Waals surface area contributed by atoms with Crippen molar-refractivity contribution in [2.75, 3.05) is 0 Å². The molecular formula is C9H8Br2. The van der Waals surface area contributed by atoms with Crippen molar-refractivity contribution >= 4 is 31.9 Å². The van der Waals surface area contributed by atoms with Gasteiger partial charge >= 0.3 is 0 Å². The maximum absolute atomic E-state index is 3.60. The summed E-state index contributed by atoms with van der Waals surface area (Å²) >= 11 is 7.14. The summed E-state index contributed by atoms with van der Waals surface area (Å²) in [7, 11) is 0. The molecule has 1 saturated carbocycles. The summed E-state index contributed by atoms with van der Waals surface area (Å²) in [4.78, 5) is 0.709. The second kappa shape index (κ2) is 2.91. The summed E-state index contributed by atoms with van der Waals surface area (Å²) in [5.74, 6) is 0.741. The third-order valence-electron chi connectivity index (χ3n) is 2.02. The van der Waals surface area contributed by atoms with Gasteiger partial charge < -0.3 is 0 Å². The van der Waals surface area contributed by atoms with E-state index in [4.69, 9.17) is 0 Å². The van der Waals surface area contributed by atoms with Gasteiger partial charge in [-0.1, -0.05) is 50.1 Å². The SMILES string of the molecule is Brc1ccccc1[C@H]1C[C@H]1Br. The Balaban J connectivity index is 2.31. The van der Waals surface area contributed by atoms with E-state index < -0.39 is 0 Å². The van der Waals surface area contributed by atoms with Gasteiger partial charge in [0.15, 0.2) is 0 Å². The van der Waals surface area contributed by atoms with Crippen LogP contribution in [0.5, 0.6) is 0 Å². The van der Waals surface area contributed by atoms with Crippen LogP contribution in [0.15, 0.2) is 28.7 Å². The molecule has 0 radical (unpaired) electrons. The first-order valence-corrected chi connectivity index (χ1v) is 5.38. The Morgan fingerprint density at radius 2 is 1.91 bits per heavy atom. The molecule has 1 fully saturated rings. The third kappa shape index (κ3) is 1.52. The van der Waals surface area contributed by atoms with Crippen molar-refractivity contribution in [3.63, 3.8) is 0 Å². The molecule has 1 aromatic rings. The van der Waals surface area contributed by atoms with Crippen LogP contribution in [-0.4, -0.2) is 4.83 Å². The minimum atomic E-state index is 0.709. The van der Waals surface area contributed by atoms with E-state index in [1.807, 2.05) is 0 Å². The molecule has 0 spiro atoms. The van der Waals surface area contributed by atoms with Crippen LogP contribution in [-0.2, 0) is 0 Å². The molecule has 58 valence electrons. The lowest BCUT2D eigenvalue weighted by Crippen LogP contribution is -1.82. The standard InChI is InChI=1S/C9H8Br2/c10-8-4-2-1-3-6(8)7-5-9(7)11/h1-4,7,9H,5H2/t7-,9-/m1/s1. The molecule has 0 bridgehead atoms. The van der Waals surface area contributed by atoms with Gasteiger partial charge in [-0.15, -0.1) is 0 Å². The molecule has 2 atom stereocenters. The highest BCUT2D eigenvalue weighted by molar-refractivity contribution is 9.10. The van der Waals surface area contributed by atoms with Crippen LogP contribution in [0.4, 0.5) is 0 Å². The first-order chi connectivity index (χ1) is 5.29. The number of benzene rings is 1. The van der Waals surface area contributed by atoms with Gasteiger partial charge in [-0.05, 0) is 24.0 Å². The normalized spacial score (nSPS) is 28.5. The largest absolute Gasteiger partial charge is 0.0884 e. The van der Waals surface area contributed by atoms with Crippen LogP contribution in [0.25, 0.3) is 0 Å². The van der Waals surface area contributed by atoms with Crippen LogP contribution >= 0.6 is 31.9 Å². The van der Waals surface area contributed by atoms with Crippen molar-refractivity contribution in [3.8, 4) is 0 Å². The molecule has 0 heterocycles. The monoisotopic (exact) mass is 274 g/mol. The first-order valence-electron chi connectivity index (χ1n) is 3.67. The zero-order valence-corrected chi connectivity index (χ0v) is 9.10. The molecule has 11 heavy (non-hydrogen) atoms. The van der Waals surface area contributed by atoms with Crippen LogP contribution in [0, 0.1) is 0 Å². The lowest BCUT2D eigenvalue weighted by Gasteiger charge is -1.99. The van der Waals surface area contributed by atoms with E-state index in [2.05, 4.69) is 56.1 Å². The van der Waals surface area contributed by atoms with E-state index >= 15 is 0 Å². The van der Waals surface area contributed by atoms with Crippen molar-refractivity contribution in [3.05, 3.63) is 34.3 Å². The quantitative estimate of drug-likeness (QED) is 0.686. The summed E-state index contributed by atoms with van der Waals surface area (Å²) < 4.78 is 1.24. The zero-order chi connectivity index (χ0) is 7.84. The number of hydrogen-bond donors (Lipinski definition) is 0. The number of halogens is 2. The van der Waals surface area contributed by atoms with Crippen LogP contribution in [0.2, 0.25) is 0 Å². The van der Waals surface area contributed by atoms with Crippen molar-refractivity contribution in [2.45, 2.75) is 17.2 Å². The molecule has 1 aromatic carbocycles. The van der Waals surface area contributed by atoms with E-state index in [0.717, 1.165) is 5.92 Å². The summed E-state index contributed by atoms with van der Waals surface area (Å²) in [6, 6.07) is 8.45. The van der Waals surface area contributed by atoms with Crippen molar-refractivity contribution in [1.29, 1.82) is 0 Å². The van der Waals surface area contributed by atoms with Gasteiger partial charge in [0.1, 0.15) is 0 Å². The minimum Gasteiger partial charge on any atom is -0.0884 e. The topological polar surface area (TPSA) is 0 Å². The Labute approximate surface area is 83.3 Å². The average molecular weight is 276 g/mol. The van der Waals surface area contributed by atoms with Crippen LogP contribution in [0.1, 0.15) is 17.9 Å². The predicted octanol–water partition coefficient (Wildman–Crippen LogP) is 3.70. The third-order valence-corrected chi connectivity index (χ3v) is 3.75. The molecule has 0 aliphatic heterocycles. The molecule has 2 heteroatoms. The zero-order valence-electron chi connectivity index (χ0n) is 5.93. The number of hydrogen-bond acceptors (Lipinski definition) is 0. The average Bonchev–Trinajstić information content (AvgIpc) is 2.68. The molecule has 0 nitrogen and oxygen atoms in total. The first kappa shape index (κ1) is 7.81. The van der Waals surface area contributed by atoms with E-state index in [1.54, 1.807) is 0 Å². The Hall–Kier alpha value is 0.180. The molecule has 1 aliphatic rings. The highest BCUT2D eigenvalue weighted by Crippen LogP contribution is 2.48. The number of alkyl halides is 1. The second-order valence-corrected chi connectivity index (χ2v) is 4.91. The molecule has 0 N–H and O–H groups in total. The Morgan fingerprint density at radius 3 is 2.45 bits per heavy atom. The van der Waals surface area contributed by atoms with Gasteiger partial charge in [0.25, 0.3) is 0 Å². The van der Waals surface area contributed by atoms with E-state index in [-0.39, 0.29) is 0 Å². The Morgan fingerprint density at radius 1 is 1.27 bits per heavy atom. The molecule has 0 amide bonds. The fourth-order valence-corrected chi connectivity index (χ4v) is 2.53. The fraction of sp³-hybridized carbons (Fsp3) is 0.333. The smallest absolute Gasteiger partial charge is 0.0221 e. The van der Waals surface area contributed by atoms with E-state index in [0.29, 0.717) is 4.83 Å². The molecule has 0 unspecified atom stereocenters. The van der Waals surface area contributed by atoms with Crippen LogP contribution in [0.3, 0.4) is 0 Å². The van der Waals surface area contributed by atoms with Crippen molar-refractivity contribution < 1.29 is 0 Å². The van der Waals surface area contributed by atoms with Gasteiger partial charge in [0, 0.05) is 9.30 Å². The minimum absolute atomic E-state index is 0.709. The highest BCUT2D eigenvalue weighted by atomic mass is 79.9. The van der Waals surface area contributed by atoms with Gasteiger partial charge in [-0.25, -0.2) is 0 Å². The Bertz CT molecular complexity index is 270. The van der Waals surface area contributed by atoms with E-state index in [1.165, 1.54) is 16.5 Å². The summed E-state index contributed by atoms with van der Waals surface area (Å²) in [5, 5.41) is 0. The molecular weight excluding hydrogens is 268 g/mol. The molecule has 0 aromatic heterocycles. The molecule has 2 rings (SSSR count). The lowest BCUT2D eigenvalue weighted by molar-refractivity contribution is 1.12. The maximum Gasteiger partial charge on any atom is 0.0221 e. The molecule has 0 saturated heterocycles. The van der Waals surface area contributed by atoms with Crippen LogP contribution < -0.4 is 0 Å². The maximum atomic E-state index is 3.60. The summed E-state index contributed by atoms with van der Waals surface area (Å²) in [5.41, 5.74) is 1.44. The van der Waals surface area contributed by atoms with Gasteiger partial charge in [0.05, 0.1) is 0 Å². The predicted molar refractivity (Wildman–Crippen MR) is 54.2 cm³/mol.